The number of unbranched alkanes of at least 4 members (excludes halogenated alkanes) is 1. The molecule has 2 rings (SSSR count). The number of hydrogen-bond acceptors (Lipinski definition) is 6. The molecule has 0 spiro atoms. The first-order valence-corrected chi connectivity index (χ1v) is 8.62. The van der Waals surface area contributed by atoms with Crippen molar-refractivity contribution in [1.29, 1.82) is 5.41 Å². The monoisotopic (exact) mass is 339 g/mol. The molecule has 0 aliphatic carbocycles. The van der Waals surface area contributed by atoms with Crippen LogP contribution in [0.1, 0.15) is 61.0 Å². The fraction of sp³-hybridized carbons (Fsp3) is 0.368. The molecule has 1 unspecified atom stereocenters. The second-order valence-corrected chi connectivity index (χ2v) is 5.99. The van der Waals surface area contributed by atoms with Gasteiger partial charge in [-0.2, -0.15) is 0 Å². The highest BCUT2D eigenvalue weighted by Gasteiger charge is 2.18. The molecular weight excluding hydrogens is 314 g/mol. The highest BCUT2D eigenvalue weighted by Crippen LogP contribution is 2.23. The summed E-state index contributed by atoms with van der Waals surface area (Å²) < 4.78 is 0. The number of nitrogens with zero attached hydrogens (tertiary/aromatic N) is 2. The second kappa shape index (κ2) is 8.92. The van der Waals surface area contributed by atoms with Gasteiger partial charge in [0, 0.05) is 17.2 Å². The third-order valence-corrected chi connectivity index (χ3v) is 4.20. The number of anilines is 2. The van der Waals surface area contributed by atoms with Crippen molar-refractivity contribution in [1.82, 2.24) is 9.97 Å². The highest BCUT2D eigenvalue weighted by atomic mass is 16.1. The number of benzene rings is 1. The van der Waals surface area contributed by atoms with Gasteiger partial charge in [0.2, 0.25) is 0 Å². The fourth-order valence-electron chi connectivity index (χ4n) is 2.65. The second-order valence-electron chi connectivity index (χ2n) is 5.99. The number of carbonyl (C=O) groups is 1. The van der Waals surface area contributed by atoms with Crippen molar-refractivity contribution in [3.05, 3.63) is 47.3 Å². The topological polar surface area (TPSA) is 105 Å². The number of carbonyl (C=O) groups excluding carboxylic acids is 1. The Morgan fingerprint density at radius 1 is 1.28 bits per heavy atom. The van der Waals surface area contributed by atoms with Gasteiger partial charge in [-0.3, -0.25) is 10.2 Å². The average molecular weight is 339 g/mol. The molecule has 0 radical (unpaired) electrons. The van der Waals surface area contributed by atoms with Gasteiger partial charge in [-0.15, -0.1) is 0 Å². The standard InChI is InChI=1S/C19H25N5O/c1-3-5-6-15(4-2)24-19-16(18(21)22-12-23-19)17(20)14-9-7-13(11-25)8-10-14/h7-12,15,20H,3-6H2,1-2H3,(H3,21,22,23,24). The molecule has 1 aromatic carbocycles. The van der Waals surface area contributed by atoms with Crippen molar-refractivity contribution in [2.45, 2.75) is 45.6 Å². The van der Waals surface area contributed by atoms with E-state index in [0.29, 0.717) is 22.5 Å². The summed E-state index contributed by atoms with van der Waals surface area (Å²) in [6, 6.07) is 7.10. The lowest BCUT2D eigenvalue weighted by molar-refractivity contribution is 0.112. The summed E-state index contributed by atoms with van der Waals surface area (Å²) in [7, 11) is 0. The molecule has 2 aromatic rings. The summed E-state index contributed by atoms with van der Waals surface area (Å²) in [6.07, 6.45) is 6.46. The molecule has 1 heterocycles. The number of nitrogen functional groups attached to an aromatic ring is 1. The summed E-state index contributed by atoms with van der Waals surface area (Å²) >= 11 is 0. The predicted octanol–water partition coefficient (Wildman–Crippen LogP) is 3.67. The van der Waals surface area contributed by atoms with Gasteiger partial charge in [0.05, 0.1) is 11.3 Å². The van der Waals surface area contributed by atoms with Crippen LogP contribution in [0.15, 0.2) is 30.6 Å². The van der Waals surface area contributed by atoms with Gasteiger partial charge in [-0.05, 0) is 12.8 Å². The average Bonchev–Trinajstić information content (AvgIpc) is 2.64. The molecule has 6 heteroatoms. The zero-order valence-electron chi connectivity index (χ0n) is 14.7. The molecule has 0 aliphatic rings. The summed E-state index contributed by atoms with van der Waals surface area (Å²) in [5, 5.41) is 11.9. The molecule has 25 heavy (non-hydrogen) atoms. The highest BCUT2D eigenvalue weighted by molar-refractivity contribution is 6.16. The zero-order chi connectivity index (χ0) is 18.2. The number of nitrogens with two attached hydrogens (primary N) is 1. The van der Waals surface area contributed by atoms with Crippen molar-refractivity contribution >= 4 is 23.6 Å². The molecule has 0 saturated heterocycles. The maximum absolute atomic E-state index is 10.8. The van der Waals surface area contributed by atoms with E-state index in [4.69, 9.17) is 11.1 Å². The van der Waals surface area contributed by atoms with Crippen LogP contribution in [-0.2, 0) is 0 Å². The number of hydrogen-bond donors (Lipinski definition) is 3. The van der Waals surface area contributed by atoms with Crippen molar-refractivity contribution in [2.75, 3.05) is 11.1 Å². The van der Waals surface area contributed by atoms with Crippen molar-refractivity contribution in [2.24, 2.45) is 0 Å². The van der Waals surface area contributed by atoms with Crippen LogP contribution in [-0.4, -0.2) is 28.0 Å². The van der Waals surface area contributed by atoms with Gasteiger partial charge in [0.15, 0.2) is 0 Å². The van der Waals surface area contributed by atoms with E-state index < -0.39 is 0 Å². The lowest BCUT2D eigenvalue weighted by Crippen LogP contribution is -2.22. The summed E-state index contributed by atoms with van der Waals surface area (Å²) in [5.74, 6) is 0.854. The van der Waals surface area contributed by atoms with Crippen molar-refractivity contribution < 1.29 is 4.79 Å². The molecule has 0 bridgehead atoms. The maximum atomic E-state index is 10.8. The first-order chi connectivity index (χ1) is 12.1. The first-order valence-electron chi connectivity index (χ1n) is 8.62. The fourth-order valence-corrected chi connectivity index (χ4v) is 2.65. The molecule has 0 saturated carbocycles. The van der Waals surface area contributed by atoms with Crippen LogP contribution < -0.4 is 11.1 Å². The summed E-state index contributed by atoms with van der Waals surface area (Å²) in [5.41, 5.74) is 8.01. The minimum absolute atomic E-state index is 0.239. The van der Waals surface area contributed by atoms with E-state index in [0.717, 1.165) is 32.0 Å². The van der Waals surface area contributed by atoms with Crippen molar-refractivity contribution in [3.63, 3.8) is 0 Å². The molecule has 1 aromatic heterocycles. The Morgan fingerprint density at radius 2 is 2.00 bits per heavy atom. The Bertz CT molecular complexity index is 727. The Morgan fingerprint density at radius 3 is 2.60 bits per heavy atom. The summed E-state index contributed by atoms with van der Waals surface area (Å²) in [6.45, 7) is 4.29. The van der Waals surface area contributed by atoms with E-state index in [1.165, 1.54) is 6.33 Å². The molecule has 0 aliphatic heterocycles. The van der Waals surface area contributed by atoms with E-state index in [2.05, 4.69) is 29.1 Å². The lowest BCUT2D eigenvalue weighted by atomic mass is 10.0. The SMILES string of the molecule is CCCCC(CC)Nc1ncnc(N)c1C(=N)c1ccc(C=O)cc1. The lowest BCUT2D eigenvalue weighted by Gasteiger charge is -2.20. The Balaban J connectivity index is 2.32. The van der Waals surface area contributed by atoms with Gasteiger partial charge in [0.25, 0.3) is 0 Å². The smallest absolute Gasteiger partial charge is 0.150 e. The van der Waals surface area contributed by atoms with Gasteiger partial charge in [-0.1, -0.05) is 51.0 Å². The minimum atomic E-state index is 0.239. The van der Waals surface area contributed by atoms with Crippen LogP contribution in [0.4, 0.5) is 11.6 Å². The normalized spacial score (nSPS) is 11.8. The Labute approximate surface area is 148 Å². The maximum Gasteiger partial charge on any atom is 0.150 e. The van der Waals surface area contributed by atoms with Crippen LogP contribution >= 0.6 is 0 Å². The van der Waals surface area contributed by atoms with E-state index in [9.17, 15) is 4.79 Å². The number of rotatable bonds is 9. The van der Waals surface area contributed by atoms with E-state index in [1.54, 1.807) is 24.3 Å². The van der Waals surface area contributed by atoms with Crippen LogP contribution in [0.3, 0.4) is 0 Å². The molecule has 4 N–H and O–H groups in total. The van der Waals surface area contributed by atoms with Crippen LogP contribution in [0.5, 0.6) is 0 Å². The number of aldehydes is 1. The largest absolute Gasteiger partial charge is 0.383 e. The molecule has 6 nitrogen and oxygen atoms in total. The molecule has 132 valence electrons. The molecular formula is C19H25N5O. The van der Waals surface area contributed by atoms with Gasteiger partial charge in [0.1, 0.15) is 24.2 Å². The van der Waals surface area contributed by atoms with E-state index >= 15 is 0 Å². The van der Waals surface area contributed by atoms with E-state index in [1.807, 2.05) is 0 Å². The van der Waals surface area contributed by atoms with Gasteiger partial charge < -0.3 is 11.1 Å². The molecule has 0 fully saturated rings. The minimum Gasteiger partial charge on any atom is -0.383 e. The van der Waals surface area contributed by atoms with Crippen LogP contribution in [0.2, 0.25) is 0 Å². The summed E-state index contributed by atoms with van der Waals surface area (Å²) in [4.78, 5) is 19.2. The molecule has 1 atom stereocenters. The van der Waals surface area contributed by atoms with Crippen molar-refractivity contribution in [3.8, 4) is 0 Å². The van der Waals surface area contributed by atoms with Gasteiger partial charge >= 0.3 is 0 Å². The number of aromatic nitrogens is 2. The Kier molecular flexibility index (Phi) is 6.62. The Hall–Kier alpha value is -2.76. The zero-order valence-corrected chi connectivity index (χ0v) is 14.7. The third kappa shape index (κ3) is 4.62. The van der Waals surface area contributed by atoms with Crippen LogP contribution in [0, 0.1) is 5.41 Å². The molecule has 0 amide bonds. The predicted molar refractivity (Wildman–Crippen MR) is 101 cm³/mol. The van der Waals surface area contributed by atoms with E-state index in [-0.39, 0.29) is 17.6 Å². The van der Waals surface area contributed by atoms with Gasteiger partial charge in [-0.25, -0.2) is 9.97 Å². The first kappa shape index (κ1) is 18.6. The number of nitrogens with one attached hydrogen (secondary N) is 2. The van der Waals surface area contributed by atoms with Crippen LogP contribution in [0.25, 0.3) is 0 Å². The quantitative estimate of drug-likeness (QED) is 0.477. The third-order valence-electron chi connectivity index (χ3n) is 4.20.